The van der Waals surface area contributed by atoms with Crippen molar-refractivity contribution in [1.82, 2.24) is 5.32 Å². The SMILES string of the molecule is CC(Oc1cc(Cl)cc(Cl)c1)C(=O)NCC1(C(=O)O)CCOCC1. The van der Waals surface area contributed by atoms with Crippen LogP contribution >= 0.6 is 23.2 Å². The zero-order valence-corrected chi connectivity index (χ0v) is 14.7. The van der Waals surface area contributed by atoms with Crippen LogP contribution in [0.2, 0.25) is 10.0 Å². The van der Waals surface area contributed by atoms with E-state index in [1.54, 1.807) is 25.1 Å². The number of carboxylic acid groups (broad SMARTS) is 1. The van der Waals surface area contributed by atoms with Gasteiger partial charge in [-0.3, -0.25) is 9.59 Å². The molecule has 24 heavy (non-hydrogen) atoms. The lowest BCUT2D eigenvalue weighted by Crippen LogP contribution is -2.48. The van der Waals surface area contributed by atoms with Gasteiger partial charge in [0.05, 0.1) is 5.41 Å². The lowest BCUT2D eigenvalue weighted by Gasteiger charge is -2.33. The average Bonchev–Trinajstić information content (AvgIpc) is 2.52. The van der Waals surface area contributed by atoms with Crippen molar-refractivity contribution in [3.05, 3.63) is 28.2 Å². The van der Waals surface area contributed by atoms with Crippen LogP contribution < -0.4 is 10.1 Å². The molecule has 0 bridgehead atoms. The molecule has 1 atom stereocenters. The van der Waals surface area contributed by atoms with E-state index in [1.807, 2.05) is 0 Å². The van der Waals surface area contributed by atoms with Crippen molar-refractivity contribution in [2.45, 2.75) is 25.9 Å². The molecule has 1 amide bonds. The lowest BCUT2D eigenvalue weighted by molar-refractivity contribution is -0.155. The summed E-state index contributed by atoms with van der Waals surface area (Å²) in [6, 6.07) is 4.66. The van der Waals surface area contributed by atoms with Crippen LogP contribution in [0.3, 0.4) is 0 Å². The van der Waals surface area contributed by atoms with Crippen LogP contribution in [0, 0.1) is 5.41 Å². The van der Waals surface area contributed by atoms with Crippen LogP contribution in [0.4, 0.5) is 0 Å². The Hall–Kier alpha value is -1.50. The van der Waals surface area contributed by atoms with Crippen molar-refractivity contribution < 1.29 is 24.2 Å². The summed E-state index contributed by atoms with van der Waals surface area (Å²) >= 11 is 11.8. The average molecular weight is 376 g/mol. The second-order valence-corrected chi connectivity index (χ2v) is 6.65. The number of rotatable bonds is 6. The zero-order valence-electron chi connectivity index (χ0n) is 13.2. The van der Waals surface area contributed by atoms with Crippen molar-refractivity contribution in [3.63, 3.8) is 0 Å². The topological polar surface area (TPSA) is 84.9 Å². The van der Waals surface area contributed by atoms with E-state index in [1.165, 1.54) is 0 Å². The fraction of sp³-hybridized carbons (Fsp3) is 0.500. The van der Waals surface area contributed by atoms with E-state index in [2.05, 4.69) is 5.32 Å². The molecule has 0 aromatic heterocycles. The summed E-state index contributed by atoms with van der Waals surface area (Å²) in [7, 11) is 0. The Labute approximate surface area is 150 Å². The van der Waals surface area contributed by atoms with Crippen LogP contribution in [-0.2, 0) is 14.3 Å². The molecule has 1 heterocycles. The summed E-state index contributed by atoms with van der Waals surface area (Å²) in [5.74, 6) is -0.964. The molecule has 1 fully saturated rings. The van der Waals surface area contributed by atoms with E-state index in [0.717, 1.165) is 0 Å². The molecule has 1 saturated heterocycles. The maximum Gasteiger partial charge on any atom is 0.311 e. The van der Waals surface area contributed by atoms with Gasteiger partial charge in [0.1, 0.15) is 5.75 Å². The second kappa shape index (κ2) is 8.05. The minimum absolute atomic E-state index is 0.0362. The smallest absolute Gasteiger partial charge is 0.311 e. The Kier molecular flexibility index (Phi) is 6.32. The predicted octanol–water partition coefficient (Wildman–Crippen LogP) is 2.76. The van der Waals surface area contributed by atoms with Gasteiger partial charge in [0.15, 0.2) is 6.10 Å². The van der Waals surface area contributed by atoms with Gasteiger partial charge in [-0.25, -0.2) is 0 Å². The third kappa shape index (κ3) is 4.75. The summed E-state index contributed by atoms with van der Waals surface area (Å²) < 4.78 is 10.7. The number of nitrogens with one attached hydrogen (secondary N) is 1. The molecule has 1 unspecified atom stereocenters. The van der Waals surface area contributed by atoms with Crippen molar-refractivity contribution in [2.75, 3.05) is 19.8 Å². The third-order valence-corrected chi connectivity index (χ3v) is 4.46. The Morgan fingerprint density at radius 3 is 2.42 bits per heavy atom. The van der Waals surface area contributed by atoms with Gasteiger partial charge in [0.2, 0.25) is 0 Å². The molecule has 0 saturated carbocycles. The van der Waals surface area contributed by atoms with Crippen molar-refractivity contribution in [3.8, 4) is 5.75 Å². The molecule has 2 rings (SSSR count). The Balaban J connectivity index is 1.94. The first kappa shape index (κ1) is 18.8. The number of ether oxygens (including phenoxy) is 2. The van der Waals surface area contributed by atoms with Gasteiger partial charge >= 0.3 is 5.97 Å². The molecule has 0 aliphatic carbocycles. The van der Waals surface area contributed by atoms with Crippen molar-refractivity contribution in [2.24, 2.45) is 5.41 Å². The number of amides is 1. The first-order chi connectivity index (χ1) is 11.3. The summed E-state index contributed by atoms with van der Waals surface area (Å²) in [6.45, 7) is 2.35. The third-order valence-electron chi connectivity index (χ3n) is 4.02. The van der Waals surface area contributed by atoms with Gasteiger partial charge in [0.25, 0.3) is 5.91 Å². The van der Waals surface area contributed by atoms with Gasteiger partial charge < -0.3 is 19.9 Å². The van der Waals surface area contributed by atoms with E-state index >= 15 is 0 Å². The summed E-state index contributed by atoms with van der Waals surface area (Å²) in [5, 5.41) is 12.9. The van der Waals surface area contributed by atoms with Gasteiger partial charge in [0, 0.05) is 29.8 Å². The first-order valence-electron chi connectivity index (χ1n) is 7.54. The highest BCUT2D eigenvalue weighted by atomic mass is 35.5. The minimum Gasteiger partial charge on any atom is -0.481 e. The minimum atomic E-state index is -0.993. The van der Waals surface area contributed by atoms with Crippen LogP contribution in [0.1, 0.15) is 19.8 Å². The monoisotopic (exact) mass is 375 g/mol. The van der Waals surface area contributed by atoms with Gasteiger partial charge in [-0.15, -0.1) is 0 Å². The number of hydrogen-bond acceptors (Lipinski definition) is 4. The van der Waals surface area contributed by atoms with Crippen LogP contribution in [0.25, 0.3) is 0 Å². The Morgan fingerprint density at radius 1 is 1.29 bits per heavy atom. The number of carboxylic acids is 1. The second-order valence-electron chi connectivity index (χ2n) is 5.78. The number of benzene rings is 1. The summed E-state index contributed by atoms with van der Waals surface area (Å²) in [5.41, 5.74) is -0.993. The van der Waals surface area contributed by atoms with E-state index < -0.39 is 23.4 Å². The zero-order chi connectivity index (χ0) is 17.7. The molecule has 1 aromatic carbocycles. The standard InChI is InChI=1S/C16H19Cl2NO5/c1-10(24-13-7-11(17)6-12(18)8-13)14(20)19-9-16(15(21)22)2-4-23-5-3-16/h6-8,10H,2-5,9H2,1H3,(H,19,20)(H,21,22). The number of hydrogen-bond donors (Lipinski definition) is 2. The van der Waals surface area contributed by atoms with Gasteiger partial charge in [-0.1, -0.05) is 23.2 Å². The van der Waals surface area contributed by atoms with Crippen molar-refractivity contribution in [1.29, 1.82) is 0 Å². The highest BCUT2D eigenvalue weighted by molar-refractivity contribution is 6.34. The first-order valence-corrected chi connectivity index (χ1v) is 8.30. The molecule has 8 heteroatoms. The predicted molar refractivity (Wildman–Crippen MR) is 89.7 cm³/mol. The molecular weight excluding hydrogens is 357 g/mol. The maximum absolute atomic E-state index is 12.2. The molecule has 0 spiro atoms. The largest absolute Gasteiger partial charge is 0.481 e. The molecule has 132 valence electrons. The Morgan fingerprint density at radius 2 is 1.88 bits per heavy atom. The number of aliphatic carboxylic acids is 1. The van der Waals surface area contributed by atoms with E-state index in [-0.39, 0.29) is 6.54 Å². The van der Waals surface area contributed by atoms with E-state index in [0.29, 0.717) is 41.9 Å². The summed E-state index contributed by atoms with van der Waals surface area (Å²) in [6.07, 6.45) is -0.0889. The molecule has 0 radical (unpaired) electrons. The van der Waals surface area contributed by atoms with Gasteiger partial charge in [-0.2, -0.15) is 0 Å². The fourth-order valence-corrected chi connectivity index (χ4v) is 2.99. The van der Waals surface area contributed by atoms with Crippen LogP contribution in [0.5, 0.6) is 5.75 Å². The molecule has 1 aliphatic rings. The molecule has 2 N–H and O–H groups in total. The fourth-order valence-electron chi connectivity index (χ4n) is 2.48. The maximum atomic E-state index is 12.2. The van der Waals surface area contributed by atoms with Crippen molar-refractivity contribution >= 4 is 35.1 Å². The van der Waals surface area contributed by atoms with Crippen LogP contribution in [0.15, 0.2) is 18.2 Å². The molecular formula is C16H19Cl2NO5. The normalized spacial score (nSPS) is 17.8. The number of carbonyl (C=O) groups excluding carboxylic acids is 1. The summed E-state index contributed by atoms with van der Waals surface area (Å²) in [4.78, 5) is 23.8. The molecule has 1 aliphatic heterocycles. The molecule has 1 aromatic rings. The molecule has 6 nitrogen and oxygen atoms in total. The number of carbonyl (C=O) groups is 2. The van der Waals surface area contributed by atoms with Crippen LogP contribution in [-0.4, -0.2) is 42.8 Å². The Bertz CT molecular complexity index is 596. The highest BCUT2D eigenvalue weighted by Gasteiger charge is 2.40. The highest BCUT2D eigenvalue weighted by Crippen LogP contribution is 2.30. The number of halogens is 2. The quantitative estimate of drug-likeness (QED) is 0.798. The van der Waals surface area contributed by atoms with Gasteiger partial charge in [-0.05, 0) is 38.0 Å². The van der Waals surface area contributed by atoms with E-state index in [9.17, 15) is 14.7 Å². The lowest BCUT2D eigenvalue weighted by atomic mass is 9.80. The van der Waals surface area contributed by atoms with E-state index in [4.69, 9.17) is 32.7 Å².